The van der Waals surface area contributed by atoms with Gasteiger partial charge in [0.25, 0.3) is 5.91 Å². The van der Waals surface area contributed by atoms with Crippen molar-refractivity contribution in [3.8, 4) is 11.8 Å². The van der Waals surface area contributed by atoms with Crippen LogP contribution in [-0.2, 0) is 16.1 Å². The van der Waals surface area contributed by atoms with Gasteiger partial charge in [0.05, 0.1) is 17.7 Å². The number of carbonyl (C=O) groups is 3. The molecule has 0 spiro atoms. The quantitative estimate of drug-likeness (QED) is 0.228. The summed E-state index contributed by atoms with van der Waals surface area (Å²) >= 11 is 1.25. The summed E-state index contributed by atoms with van der Waals surface area (Å²) < 4.78 is 10.8. The highest BCUT2D eigenvalue weighted by Gasteiger charge is 2.23. The Morgan fingerprint density at radius 2 is 1.75 bits per heavy atom. The highest BCUT2D eigenvalue weighted by Crippen LogP contribution is 2.33. The molecule has 8 nitrogen and oxygen atoms in total. The average Bonchev–Trinajstić information content (AvgIpc) is 3.14. The zero-order valence-corrected chi connectivity index (χ0v) is 20.8. The summed E-state index contributed by atoms with van der Waals surface area (Å²) in [5.41, 5.74) is 2.53. The standard InChI is InChI=1S/C27H24N2O6S/c1-4-34-27(33)23-16(2)17(3)36-25(23)29-24(30)21(14-28)13-18-7-11-22(12-8-18)35-15-19-5-9-20(10-6-19)26(31)32/h5-13H,4,15H2,1-3H3,(H,29,30)(H,31,32)/b21-13+. The molecule has 0 aliphatic heterocycles. The number of aromatic carboxylic acids is 1. The van der Waals surface area contributed by atoms with Gasteiger partial charge in [-0.1, -0.05) is 24.3 Å². The Morgan fingerprint density at radius 3 is 2.33 bits per heavy atom. The molecule has 0 bridgehead atoms. The largest absolute Gasteiger partial charge is 0.489 e. The number of carboxylic acids is 1. The van der Waals surface area contributed by atoms with Crippen molar-refractivity contribution in [2.45, 2.75) is 27.4 Å². The van der Waals surface area contributed by atoms with Gasteiger partial charge < -0.3 is 19.9 Å². The minimum absolute atomic E-state index is 0.124. The molecule has 0 saturated carbocycles. The van der Waals surface area contributed by atoms with Crippen LogP contribution in [0, 0.1) is 25.2 Å². The molecule has 1 amide bonds. The van der Waals surface area contributed by atoms with Crippen LogP contribution in [0.3, 0.4) is 0 Å². The molecule has 0 atom stereocenters. The Kier molecular flexibility index (Phi) is 8.60. The number of ether oxygens (including phenoxy) is 2. The highest BCUT2D eigenvalue weighted by molar-refractivity contribution is 7.16. The van der Waals surface area contributed by atoms with Gasteiger partial charge in [-0.2, -0.15) is 5.26 Å². The Labute approximate surface area is 212 Å². The first-order valence-electron chi connectivity index (χ1n) is 11.0. The molecule has 1 aromatic heterocycles. The summed E-state index contributed by atoms with van der Waals surface area (Å²) in [6, 6.07) is 15.1. The molecule has 3 aromatic rings. The van der Waals surface area contributed by atoms with Crippen LogP contribution in [0.1, 0.15) is 49.2 Å². The number of nitrogens with one attached hydrogen (secondary N) is 1. The fraction of sp³-hybridized carbons (Fsp3) is 0.185. The third-order valence-electron chi connectivity index (χ3n) is 5.25. The first kappa shape index (κ1) is 26.2. The third-order valence-corrected chi connectivity index (χ3v) is 6.38. The van der Waals surface area contributed by atoms with Crippen LogP contribution in [0.15, 0.2) is 54.1 Å². The van der Waals surface area contributed by atoms with Crippen LogP contribution in [-0.4, -0.2) is 29.6 Å². The smallest absolute Gasteiger partial charge is 0.341 e. The number of thiophene rings is 1. The molecule has 0 saturated heterocycles. The maximum absolute atomic E-state index is 12.8. The molecule has 0 radical (unpaired) electrons. The van der Waals surface area contributed by atoms with Crippen molar-refractivity contribution in [2.75, 3.05) is 11.9 Å². The number of anilines is 1. The predicted octanol–water partition coefficient (Wildman–Crippen LogP) is 5.36. The molecule has 9 heteroatoms. The van der Waals surface area contributed by atoms with Gasteiger partial charge in [-0.15, -0.1) is 11.3 Å². The van der Waals surface area contributed by atoms with Crippen molar-refractivity contribution in [1.29, 1.82) is 5.26 Å². The maximum Gasteiger partial charge on any atom is 0.341 e. The van der Waals surface area contributed by atoms with E-state index in [9.17, 15) is 19.6 Å². The van der Waals surface area contributed by atoms with Crippen LogP contribution in [0.2, 0.25) is 0 Å². The van der Waals surface area contributed by atoms with Crippen molar-refractivity contribution in [3.63, 3.8) is 0 Å². The molecule has 0 aliphatic rings. The lowest BCUT2D eigenvalue weighted by Crippen LogP contribution is -2.16. The van der Waals surface area contributed by atoms with Gasteiger partial charge in [0.1, 0.15) is 29.0 Å². The lowest BCUT2D eigenvalue weighted by atomic mass is 10.1. The van der Waals surface area contributed by atoms with Crippen molar-refractivity contribution >= 4 is 40.3 Å². The summed E-state index contributed by atoms with van der Waals surface area (Å²) in [6.45, 7) is 5.79. The second-order valence-electron chi connectivity index (χ2n) is 7.69. The molecule has 36 heavy (non-hydrogen) atoms. The lowest BCUT2D eigenvalue weighted by Gasteiger charge is -2.08. The molecular formula is C27H24N2O6S. The number of aryl methyl sites for hydroxylation is 1. The SMILES string of the molecule is CCOC(=O)c1c(NC(=O)/C(C#N)=C/c2ccc(OCc3ccc(C(=O)O)cc3)cc2)sc(C)c1C. The number of hydrogen-bond acceptors (Lipinski definition) is 7. The monoisotopic (exact) mass is 504 g/mol. The van der Waals surface area contributed by atoms with Gasteiger partial charge in [0, 0.05) is 4.88 Å². The molecule has 1 heterocycles. The van der Waals surface area contributed by atoms with Crippen LogP contribution in [0.25, 0.3) is 6.08 Å². The van der Waals surface area contributed by atoms with Crippen molar-refractivity contribution in [3.05, 3.63) is 86.8 Å². The predicted molar refractivity (Wildman–Crippen MR) is 136 cm³/mol. The zero-order valence-electron chi connectivity index (χ0n) is 20.0. The number of nitriles is 1. The van der Waals surface area contributed by atoms with E-state index in [1.807, 2.05) is 13.0 Å². The Hall–Kier alpha value is -4.42. The van der Waals surface area contributed by atoms with Gasteiger partial charge in [0.2, 0.25) is 0 Å². The third kappa shape index (κ3) is 6.37. The Balaban J connectivity index is 1.69. The van der Waals surface area contributed by atoms with E-state index in [4.69, 9.17) is 14.6 Å². The lowest BCUT2D eigenvalue weighted by molar-refractivity contribution is -0.112. The first-order valence-corrected chi connectivity index (χ1v) is 11.8. The van der Waals surface area contributed by atoms with Gasteiger partial charge in [0.15, 0.2) is 0 Å². The maximum atomic E-state index is 12.8. The molecule has 2 N–H and O–H groups in total. The summed E-state index contributed by atoms with van der Waals surface area (Å²) in [5, 5.41) is 21.5. The summed E-state index contributed by atoms with van der Waals surface area (Å²) in [4.78, 5) is 36.9. The van der Waals surface area contributed by atoms with Crippen molar-refractivity contribution in [2.24, 2.45) is 0 Å². The zero-order chi connectivity index (χ0) is 26.2. The van der Waals surface area contributed by atoms with E-state index < -0.39 is 17.8 Å². The number of carboxylic acid groups (broad SMARTS) is 1. The number of rotatable bonds is 9. The van der Waals surface area contributed by atoms with Crippen molar-refractivity contribution < 1.29 is 29.0 Å². The van der Waals surface area contributed by atoms with E-state index in [0.29, 0.717) is 21.9 Å². The minimum Gasteiger partial charge on any atom is -0.489 e. The molecule has 0 unspecified atom stereocenters. The van der Waals surface area contributed by atoms with Gasteiger partial charge in [-0.3, -0.25) is 4.79 Å². The van der Waals surface area contributed by atoms with E-state index >= 15 is 0 Å². The number of esters is 1. The van der Waals surface area contributed by atoms with E-state index in [1.165, 1.54) is 29.5 Å². The number of hydrogen-bond donors (Lipinski definition) is 2. The summed E-state index contributed by atoms with van der Waals surface area (Å²) in [6.07, 6.45) is 1.45. The van der Waals surface area contributed by atoms with Crippen LogP contribution < -0.4 is 10.1 Å². The van der Waals surface area contributed by atoms with E-state index in [0.717, 1.165) is 16.0 Å². The van der Waals surface area contributed by atoms with Crippen LogP contribution in [0.4, 0.5) is 5.00 Å². The topological polar surface area (TPSA) is 126 Å². The molecule has 0 fully saturated rings. The number of carbonyl (C=O) groups excluding carboxylic acids is 2. The Morgan fingerprint density at radius 1 is 1.08 bits per heavy atom. The fourth-order valence-electron chi connectivity index (χ4n) is 3.22. The fourth-order valence-corrected chi connectivity index (χ4v) is 4.26. The Bertz CT molecular complexity index is 1350. The highest BCUT2D eigenvalue weighted by atomic mass is 32.1. The molecule has 184 valence electrons. The van der Waals surface area contributed by atoms with E-state index in [-0.39, 0.29) is 24.4 Å². The number of nitrogens with zero attached hydrogens (tertiary/aromatic N) is 1. The summed E-state index contributed by atoms with van der Waals surface area (Å²) in [5.74, 6) is -1.57. The van der Waals surface area contributed by atoms with Gasteiger partial charge in [-0.05, 0) is 67.8 Å². The number of benzene rings is 2. The van der Waals surface area contributed by atoms with E-state index in [2.05, 4.69) is 5.32 Å². The molecular weight excluding hydrogens is 480 g/mol. The second-order valence-corrected chi connectivity index (χ2v) is 8.92. The number of amides is 1. The normalized spacial score (nSPS) is 10.9. The van der Waals surface area contributed by atoms with Gasteiger partial charge >= 0.3 is 11.9 Å². The van der Waals surface area contributed by atoms with Crippen LogP contribution >= 0.6 is 11.3 Å². The molecule has 3 rings (SSSR count). The second kappa shape index (κ2) is 11.8. The molecule has 2 aromatic carbocycles. The van der Waals surface area contributed by atoms with Gasteiger partial charge in [-0.25, -0.2) is 9.59 Å². The summed E-state index contributed by atoms with van der Waals surface area (Å²) in [7, 11) is 0. The average molecular weight is 505 g/mol. The van der Waals surface area contributed by atoms with Crippen LogP contribution in [0.5, 0.6) is 5.75 Å². The van der Waals surface area contributed by atoms with E-state index in [1.54, 1.807) is 50.2 Å². The van der Waals surface area contributed by atoms with Crippen molar-refractivity contribution in [1.82, 2.24) is 0 Å². The molecule has 0 aliphatic carbocycles. The minimum atomic E-state index is -0.989. The first-order chi connectivity index (χ1) is 17.2.